The SMILES string of the molecule is CNc1ncc(NC(=O)c2ccccccccc2)c(C2=C/C=C\C=C/C=C\2)c1CCI. The van der Waals surface area contributed by atoms with Crippen LogP contribution in [-0.4, -0.2) is 22.4 Å². The van der Waals surface area contributed by atoms with Gasteiger partial charge in [0.15, 0.2) is 0 Å². The number of carbonyl (C=O) groups is 1. The highest BCUT2D eigenvalue weighted by molar-refractivity contribution is 14.1. The molecule has 2 aromatic rings. The first-order valence-electron chi connectivity index (χ1n) is 10.4. The molecule has 0 atom stereocenters. The number of pyridine rings is 1. The predicted molar refractivity (Wildman–Crippen MR) is 144 cm³/mol. The zero-order chi connectivity index (χ0) is 22.6. The smallest absolute Gasteiger partial charge is 0.255 e. The van der Waals surface area contributed by atoms with Crippen LogP contribution in [0, 0.1) is 0 Å². The fourth-order valence-electron chi connectivity index (χ4n) is 3.30. The van der Waals surface area contributed by atoms with Gasteiger partial charge < -0.3 is 10.6 Å². The van der Waals surface area contributed by atoms with Crippen molar-refractivity contribution in [1.29, 1.82) is 0 Å². The predicted octanol–water partition coefficient (Wildman–Crippen LogP) is 6.54. The van der Waals surface area contributed by atoms with Crippen LogP contribution in [0.5, 0.6) is 0 Å². The van der Waals surface area contributed by atoms with E-state index < -0.39 is 0 Å². The molecule has 162 valence electrons. The highest BCUT2D eigenvalue weighted by atomic mass is 127. The van der Waals surface area contributed by atoms with E-state index in [1.807, 2.05) is 79.9 Å². The lowest BCUT2D eigenvalue weighted by Gasteiger charge is -2.19. The average molecular weight is 535 g/mol. The second-order valence-corrected chi connectivity index (χ2v) is 7.98. The molecule has 1 aromatic carbocycles. The largest absolute Gasteiger partial charge is 0.373 e. The number of nitrogens with one attached hydrogen (secondary N) is 2. The second kappa shape index (κ2) is 12.6. The molecule has 32 heavy (non-hydrogen) atoms. The van der Waals surface area contributed by atoms with E-state index in [0.717, 1.165) is 33.4 Å². The molecule has 0 spiro atoms. The number of carbonyl (C=O) groups excluding carboxylic acids is 1. The van der Waals surface area contributed by atoms with Crippen molar-refractivity contribution in [1.82, 2.24) is 4.98 Å². The van der Waals surface area contributed by atoms with Crippen molar-refractivity contribution in [3.8, 4) is 0 Å². The molecule has 0 unspecified atom stereocenters. The first-order valence-corrected chi connectivity index (χ1v) is 11.9. The Kier molecular flexibility index (Phi) is 9.25. The molecule has 0 fully saturated rings. The van der Waals surface area contributed by atoms with Gasteiger partial charge in [-0.3, -0.25) is 4.79 Å². The van der Waals surface area contributed by atoms with E-state index in [9.17, 15) is 4.79 Å². The zero-order valence-electron chi connectivity index (χ0n) is 18.0. The van der Waals surface area contributed by atoms with Gasteiger partial charge in [0.05, 0.1) is 11.9 Å². The minimum atomic E-state index is -0.185. The van der Waals surface area contributed by atoms with Gasteiger partial charge in [0.1, 0.15) is 5.82 Å². The van der Waals surface area contributed by atoms with Crippen LogP contribution in [-0.2, 0) is 6.42 Å². The minimum Gasteiger partial charge on any atom is -0.373 e. The van der Waals surface area contributed by atoms with Crippen molar-refractivity contribution < 1.29 is 4.79 Å². The number of allylic oxidation sites excluding steroid dienone is 8. The van der Waals surface area contributed by atoms with Gasteiger partial charge in [-0.25, -0.2) is 4.98 Å². The van der Waals surface area contributed by atoms with Crippen LogP contribution in [0.1, 0.15) is 21.5 Å². The Morgan fingerprint density at radius 2 is 1.59 bits per heavy atom. The Hall–Kier alpha value is -3.19. The normalized spacial score (nSPS) is 16.9. The third-order valence-electron chi connectivity index (χ3n) is 4.77. The summed E-state index contributed by atoms with van der Waals surface area (Å²) < 4.78 is 0.934. The summed E-state index contributed by atoms with van der Waals surface area (Å²) in [6.07, 6.45) is 16.7. The number of hydrogen-bond donors (Lipinski definition) is 2. The van der Waals surface area contributed by atoms with Crippen LogP contribution >= 0.6 is 22.6 Å². The van der Waals surface area contributed by atoms with Gasteiger partial charge in [0, 0.05) is 28.2 Å². The molecule has 4 nitrogen and oxygen atoms in total. The molecule has 1 heterocycles. The van der Waals surface area contributed by atoms with Crippen LogP contribution in [0.2, 0.25) is 0 Å². The van der Waals surface area contributed by atoms with Gasteiger partial charge in [-0.15, -0.1) is 0 Å². The average Bonchev–Trinajstić information content (AvgIpc) is 2.78. The standard InChI is InChI=1S/C27H26IN3O/c1-29-26-23(18-19-28)25(21-14-10-8-5-9-11-15-21)24(20-30-26)31-27(32)22-16-12-6-3-2-4-7-13-17-22/h2-17,20H,18-19H2,1H3,(H,29,30)(H,31,32)/b3-2?,4-2?,6-3?,7-4?,8-5-,9-5?,10-8?,11-9-,12-6?,13-7?,14-10-,15-11?,16-12?,17-13?,21-14?,21-15+,22-16?,22-17?. The highest BCUT2D eigenvalue weighted by Crippen LogP contribution is 2.33. The molecular formula is C27H26IN3O. The molecule has 1 aliphatic rings. The minimum absolute atomic E-state index is 0.185. The lowest BCUT2D eigenvalue weighted by Crippen LogP contribution is -2.15. The molecule has 0 aliphatic heterocycles. The molecule has 1 aliphatic carbocycles. The fourth-order valence-corrected chi connectivity index (χ4v) is 3.84. The van der Waals surface area contributed by atoms with E-state index in [2.05, 4.69) is 50.4 Å². The monoisotopic (exact) mass is 535 g/mol. The molecule has 5 heteroatoms. The first-order chi connectivity index (χ1) is 15.7. The Balaban J connectivity index is 2.10. The summed E-state index contributed by atoms with van der Waals surface area (Å²) in [4.78, 5) is 17.8. The Morgan fingerprint density at radius 1 is 0.938 bits per heavy atom. The highest BCUT2D eigenvalue weighted by Gasteiger charge is 2.18. The number of rotatable bonds is 6. The Bertz CT molecular complexity index is 1110. The quantitative estimate of drug-likeness (QED) is 0.326. The van der Waals surface area contributed by atoms with E-state index in [1.165, 1.54) is 0 Å². The number of aromatic nitrogens is 1. The first kappa shape index (κ1) is 23.5. The van der Waals surface area contributed by atoms with Gasteiger partial charge >= 0.3 is 0 Å². The number of nitrogens with zero attached hydrogens (tertiary/aromatic N) is 1. The van der Waals surface area contributed by atoms with Gasteiger partial charge in [0.25, 0.3) is 5.91 Å². The van der Waals surface area contributed by atoms with Gasteiger partial charge in [-0.2, -0.15) is 0 Å². The third-order valence-corrected chi connectivity index (χ3v) is 5.31. The number of amides is 1. The van der Waals surface area contributed by atoms with Crippen molar-refractivity contribution in [2.75, 3.05) is 22.1 Å². The van der Waals surface area contributed by atoms with Crippen LogP contribution in [0.25, 0.3) is 5.57 Å². The van der Waals surface area contributed by atoms with E-state index in [0.29, 0.717) is 11.3 Å². The van der Waals surface area contributed by atoms with Crippen LogP contribution in [0.15, 0.2) is 103 Å². The fraction of sp³-hybridized carbons (Fsp3) is 0.111. The van der Waals surface area contributed by atoms with E-state index in [4.69, 9.17) is 0 Å². The zero-order valence-corrected chi connectivity index (χ0v) is 20.1. The molecule has 0 bridgehead atoms. The number of alkyl halides is 1. The summed E-state index contributed by atoms with van der Waals surface area (Å²) >= 11 is 2.37. The summed E-state index contributed by atoms with van der Waals surface area (Å²) in [6.45, 7) is 0. The number of anilines is 2. The van der Waals surface area contributed by atoms with E-state index in [-0.39, 0.29) is 5.91 Å². The summed E-state index contributed by atoms with van der Waals surface area (Å²) in [5, 5.41) is 6.31. The van der Waals surface area contributed by atoms with Crippen molar-refractivity contribution in [3.05, 3.63) is 120 Å². The lowest BCUT2D eigenvalue weighted by molar-refractivity contribution is 0.102. The van der Waals surface area contributed by atoms with Gasteiger partial charge in [-0.05, 0) is 24.1 Å². The topological polar surface area (TPSA) is 54.0 Å². The second-order valence-electron chi connectivity index (χ2n) is 6.90. The molecule has 0 saturated heterocycles. The summed E-state index contributed by atoms with van der Waals surface area (Å²) in [6, 6.07) is 16.9. The maximum atomic E-state index is 13.2. The van der Waals surface area contributed by atoms with E-state index >= 15 is 0 Å². The van der Waals surface area contributed by atoms with Gasteiger partial charge in [-0.1, -0.05) is 108 Å². The lowest BCUT2D eigenvalue weighted by atomic mass is 9.95. The molecule has 0 saturated carbocycles. The summed E-state index contributed by atoms with van der Waals surface area (Å²) in [5.74, 6) is 0.638. The molecule has 1 amide bonds. The summed E-state index contributed by atoms with van der Waals surface area (Å²) in [7, 11) is 1.87. The maximum absolute atomic E-state index is 13.2. The molecule has 3 rings (SSSR count). The Labute approximate surface area is 203 Å². The third kappa shape index (κ3) is 6.40. The van der Waals surface area contributed by atoms with Crippen LogP contribution in [0.3, 0.4) is 0 Å². The molecule has 2 N–H and O–H groups in total. The van der Waals surface area contributed by atoms with Crippen LogP contribution in [0.4, 0.5) is 11.5 Å². The molecule has 0 radical (unpaired) electrons. The molecular weight excluding hydrogens is 509 g/mol. The Morgan fingerprint density at radius 3 is 2.28 bits per heavy atom. The van der Waals surface area contributed by atoms with Crippen molar-refractivity contribution >= 4 is 45.6 Å². The van der Waals surface area contributed by atoms with Crippen LogP contribution < -0.4 is 10.6 Å². The van der Waals surface area contributed by atoms with Crippen molar-refractivity contribution in [2.45, 2.75) is 6.42 Å². The van der Waals surface area contributed by atoms with Gasteiger partial charge in [0.2, 0.25) is 0 Å². The van der Waals surface area contributed by atoms with Crippen molar-refractivity contribution in [2.24, 2.45) is 0 Å². The number of halogens is 1. The molecule has 1 aromatic heterocycles. The van der Waals surface area contributed by atoms with E-state index in [1.54, 1.807) is 18.3 Å². The van der Waals surface area contributed by atoms with Crippen molar-refractivity contribution in [3.63, 3.8) is 0 Å². The maximum Gasteiger partial charge on any atom is 0.255 e. The summed E-state index contributed by atoms with van der Waals surface area (Å²) in [5.41, 5.74) is 4.33. The number of hydrogen-bond acceptors (Lipinski definition) is 3.